The summed E-state index contributed by atoms with van der Waals surface area (Å²) in [5.74, 6) is 21.6. The number of aromatic nitrogens is 8. The topological polar surface area (TPSA) is 227 Å². The molecular weight excluding hydrogens is 2020 g/mol. The van der Waals surface area contributed by atoms with Crippen LogP contribution in [0.4, 0.5) is 0 Å². The number of morpholine rings is 2. The Balaban J connectivity index is 0.000000146. The van der Waals surface area contributed by atoms with Crippen molar-refractivity contribution in [3.05, 3.63) is 300 Å². The van der Waals surface area contributed by atoms with Gasteiger partial charge in [0.15, 0.2) is 22.8 Å². The van der Waals surface area contributed by atoms with Crippen LogP contribution in [0.5, 0.6) is 0 Å². The highest BCUT2D eigenvalue weighted by molar-refractivity contribution is 6.84. The lowest BCUT2D eigenvalue weighted by Crippen LogP contribution is -2.48. The smallest absolute Gasteiger partial charge is 0.286 e. The van der Waals surface area contributed by atoms with E-state index in [1.807, 2.05) is 163 Å². The van der Waals surface area contributed by atoms with E-state index in [2.05, 4.69) is 109 Å². The summed E-state index contributed by atoms with van der Waals surface area (Å²) in [4.78, 5) is 58.7. The molecule has 4 amide bonds. The molecule has 5 aliphatic heterocycles. The van der Waals surface area contributed by atoms with Crippen molar-refractivity contribution in [2.75, 3.05) is 105 Å². The molecule has 0 spiro atoms. The standard InChI is InChI=1S/C30H33Cl2N5O2.C30H30Cl2N4O.C27H30Cl2N4OSi.C26H23Cl2N5O2/c1-22-28(30(38)34-36-15-4-2-5-16-36)33-37(27-13-12-25(31)21-26(27)32)29(22)24-10-8-23(9-11-24)7-3-6-14-35-17-19-39-20-18-35;1-21-28(30(37)34-35-18-6-3-7-19-35)33-36(27-17-16-25(31)20-26(27)32)29(21)24-14-12-23(13-15-24)11-10-22-8-4-2-5-9-22;1-19-25(27(34)31-32-15-6-5-7-16-32)30-33(24-13-12-22(28)18-23(24)29)26(19)21-10-8-20(9-11-21)14-17-35(2,3)4;1-18-24(26(34)31-32-13-15-35-16-14-32)30-33(23-11-10-21(27)17-22(23)28)25(18)20-8-6-19(7-9-20)5-3-4-12-29-2/h8-13,21H,2,4-6,14-20H2,1H3,(H,34,38);8,12-17,20H,2-7,9,18-19H2,1H3,(H,34,37);8-13,18H,5-7,15-16H2,1-4H3,(H,31,34);6-11,17H,4,12-16H2,1H3,(H,31,34). The molecule has 33 heteroatoms. The second-order valence-corrected chi connectivity index (χ2v) is 45.4. The zero-order valence-corrected chi connectivity index (χ0v) is 89.9. The second kappa shape index (κ2) is 52.2. The van der Waals surface area contributed by atoms with Gasteiger partial charge in [0.1, 0.15) is 8.07 Å². The Hall–Kier alpha value is -11.8. The van der Waals surface area contributed by atoms with Gasteiger partial charge in [0.2, 0.25) is 6.54 Å². The van der Waals surface area contributed by atoms with Crippen LogP contribution in [0.1, 0.15) is 183 Å². The third kappa shape index (κ3) is 29.0. The molecule has 4 aromatic heterocycles. The van der Waals surface area contributed by atoms with E-state index < -0.39 is 8.07 Å². The summed E-state index contributed by atoms with van der Waals surface area (Å²) in [6.45, 7) is 33.5. The third-order valence-electron chi connectivity index (χ3n) is 25.4. The number of halogens is 8. The van der Waals surface area contributed by atoms with Gasteiger partial charge in [0, 0.05) is 165 Å². The van der Waals surface area contributed by atoms with Crippen molar-refractivity contribution in [1.29, 1.82) is 0 Å². The number of nitrogens with zero attached hydrogens (tertiary/aromatic N) is 14. The Morgan fingerprint density at radius 2 is 0.664 bits per heavy atom. The summed E-state index contributed by atoms with van der Waals surface area (Å²) in [5.41, 5.74) is 34.2. The van der Waals surface area contributed by atoms with Gasteiger partial charge in [-0.2, -0.15) is 20.4 Å². The molecule has 6 aliphatic rings. The van der Waals surface area contributed by atoms with Gasteiger partial charge in [-0.05, 0) is 219 Å². The third-order valence-corrected chi connectivity index (χ3v) is 28.4. The summed E-state index contributed by atoms with van der Waals surface area (Å²) in [7, 11) is -1.47. The number of carbonyl (C=O) groups excluding carboxylic acids is 4. The lowest BCUT2D eigenvalue weighted by molar-refractivity contribution is 0.0124. The number of ether oxygens (including phenoxy) is 2. The van der Waals surface area contributed by atoms with E-state index >= 15 is 0 Å². The normalized spacial score (nSPS) is 15.2. The number of nitrogens with one attached hydrogen (secondary N) is 4. The van der Waals surface area contributed by atoms with Gasteiger partial charge in [-0.3, -0.25) is 45.8 Å². The number of hydrazine groups is 4. The average Bonchev–Trinajstić information content (AvgIpc) is 1.63. The van der Waals surface area contributed by atoms with E-state index in [-0.39, 0.29) is 23.6 Å². The fourth-order valence-corrected chi connectivity index (χ4v) is 20.2. The number of amides is 4. The largest absolute Gasteiger partial charge is 0.379 e. The molecule has 1 aliphatic carbocycles. The van der Waals surface area contributed by atoms with Crippen LogP contribution >= 0.6 is 92.8 Å². The van der Waals surface area contributed by atoms with Crippen molar-refractivity contribution in [3.8, 4) is 115 Å². The SMILES string of the molecule is Cc1c(C(=O)NN2CCCCC2)nn(-c2ccc(Cl)cc2Cl)c1-c1ccc(C#CC2=CCCCC2)cc1.Cc1c(C(=O)NN2CCCCC2)nn(-c2ccc(Cl)cc2Cl)c1-c1ccc(C#CCCN2CCOCC2)cc1.Cc1c(C(=O)NN2CCCCC2)nn(-c2ccc(Cl)cc2Cl)c1-c1ccc(C#C[Si](C)(C)C)cc1.[C-]#[N+]CCC#Cc1ccc(-c2c(C)c(C(=O)NN3CCOCC3)nn2-c2ccc(Cl)cc2Cl)cc1. The number of benzene rings is 8. The van der Waals surface area contributed by atoms with Gasteiger partial charge >= 0.3 is 0 Å². The van der Waals surface area contributed by atoms with Crippen molar-refractivity contribution in [2.45, 2.75) is 144 Å². The first-order valence-corrected chi connectivity index (χ1v) is 55.9. The monoisotopic (exact) mass is 2130 g/mol. The molecular formula is C113H116Cl8N18O6Si. The first-order chi connectivity index (χ1) is 70.6. The number of rotatable bonds is 19. The molecule has 5 saturated heterocycles. The van der Waals surface area contributed by atoms with Crippen molar-refractivity contribution >= 4 is 125 Å². The van der Waals surface area contributed by atoms with Crippen molar-refractivity contribution in [3.63, 3.8) is 0 Å². The fourth-order valence-electron chi connectivity index (χ4n) is 17.7. The summed E-state index contributed by atoms with van der Waals surface area (Å²) in [5, 5.41) is 30.6. The first kappa shape index (κ1) is 108. The van der Waals surface area contributed by atoms with E-state index in [0.717, 1.165) is 219 Å². The Bertz CT molecular complexity index is 7050. The van der Waals surface area contributed by atoms with E-state index in [0.29, 0.717) is 125 Å². The minimum atomic E-state index is -1.47. The van der Waals surface area contributed by atoms with Crippen molar-refractivity contribution in [2.24, 2.45) is 0 Å². The molecule has 0 saturated carbocycles. The van der Waals surface area contributed by atoms with Gasteiger partial charge in [-0.1, -0.05) is 228 Å². The molecule has 24 nitrogen and oxygen atoms in total. The molecule has 18 rings (SSSR count). The highest BCUT2D eigenvalue weighted by Gasteiger charge is 2.32. The lowest BCUT2D eigenvalue weighted by Gasteiger charge is -2.26. The van der Waals surface area contributed by atoms with Crippen LogP contribution in [0.2, 0.25) is 59.8 Å². The predicted molar refractivity (Wildman–Crippen MR) is 589 cm³/mol. The summed E-state index contributed by atoms with van der Waals surface area (Å²) in [6, 6.07) is 52.9. The summed E-state index contributed by atoms with van der Waals surface area (Å²) in [6.07, 6.45) is 18.3. The number of hydrogen-bond acceptors (Lipinski definition) is 15. The van der Waals surface area contributed by atoms with Crippen molar-refractivity contribution < 1.29 is 28.7 Å². The molecule has 4 N–H and O–H groups in total. The molecule has 754 valence electrons. The summed E-state index contributed by atoms with van der Waals surface area (Å²) < 4.78 is 17.7. The highest BCUT2D eigenvalue weighted by Crippen LogP contribution is 2.40. The summed E-state index contributed by atoms with van der Waals surface area (Å²) >= 11 is 50.8. The molecule has 12 aromatic rings. The second-order valence-electron chi connectivity index (χ2n) is 37.3. The highest BCUT2D eigenvalue weighted by atomic mass is 35.5. The van der Waals surface area contributed by atoms with Gasteiger partial charge < -0.3 is 14.3 Å². The van der Waals surface area contributed by atoms with Gasteiger partial charge in [0.05, 0.1) is 98.5 Å². The molecule has 0 unspecified atom stereocenters. The molecule has 0 radical (unpaired) electrons. The van der Waals surface area contributed by atoms with Crippen LogP contribution in [-0.2, 0) is 9.47 Å². The Kier molecular flexibility index (Phi) is 38.8. The van der Waals surface area contributed by atoms with E-state index in [1.54, 1.807) is 73.3 Å². The van der Waals surface area contributed by atoms with Crippen LogP contribution in [-0.4, -0.2) is 201 Å². The molecule has 0 bridgehead atoms. The van der Waals surface area contributed by atoms with Crippen LogP contribution in [0.15, 0.2) is 182 Å². The van der Waals surface area contributed by atoms with Crippen molar-refractivity contribution in [1.82, 2.24) is 85.8 Å². The minimum absolute atomic E-state index is 0.215. The molecule has 146 heavy (non-hydrogen) atoms. The van der Waals surface area contributed by atoms with Crippen LogP contribution in [0.25, 0.3) is 72.6 Å². The minimum Gasteiger partial charge on any atom is -0.379 e. The quantitative estimate of drug-likeness (QED) is 0.0256. The molecule has 8 aromatic carbocycles. The van der Waals surface area contributed by atoms with E-state index in [1.165, 1.54) is 37.7 Å². The maximum absolute atomic E-state index is 13.3. The zero-order chi connectivity index (χ0) is 103. The Morgan fingerprint density at radius 1 is 0.363 bits per heavy atom. The molecule has 0 atom stereocenters. The van der Waals surface area contributed by atoms with Gasteiger partial charge in [0.25, 0.3) is 23.6 Å². The molecule has 9 heterocycles. The maximum atomic E-state index is 13.3. The van der Waals surface area contributed by atoms with Gasteiger partial charge in [-0.15, -0.1) is 5.54 Å². The zero-order valence-electron chi connectivity index (χ0n) is 82.9. The van der Waals surface area contributed by atoms with Crippen LogP contribution in [0.3, 0.4) is 0 Å². The van der Waals surface area contributed by atoms with Gasteiger partial charge in [-0.25, -0.2) is 45.3 Å². The van der Waals surface area contributed by atoms with E-state index in [4.69, 9.17) is 124 Å². The lowest BCUT2D eigenvalue weighted by atomic mass is 9.99. The van der Waals surface area contributed by atoms with Crippen LogP contribution in [0, 0.1) is 81.3 Å². The Morgan fingerprint density at radius 3 is 0.966 bits per heavy atom. The maximum Gasteiger partial charge on any atom is 0.286 e. The van der Waals surface area contributed by atoms with E-state index in [9.17, 15) is 19.2 Å². The number of carbonyl (C=O) groups is 4. The average molecular weight is 2130 g/mol. The van der Waals surface area contributed by atoms with Crippen LogP contribution < -0.4 is 21.7 Å². The first-order valence-electron chi connectivity index (χ1n) is 49.4. The predicted octanol–water partition coefficient (Wildman–Crippen LogP) is 23.8. The molecule has 5 fully saturated rings. The Labute approximate surface area is 895 Å². The number of hydrogen-bond donors (Lipinski definition) is 4. The number of piperidine rings is 3. The fraction of sp³-hybridized carbons (Fsp3) is 0.336. The number of allylic oxidation sites excluding steroid dienone is 2.